The molecule has 28 heavy (non-hydrogen) atoms. The summed E-state index contributed by atoms with van der Waals surface area (Å²) in [4.78, 5) is 23.4. The fourth-order valence-corrected chi connectivity index (χ4v) is 2.33. The van der Waals surface area contributed by atoms with Crippen LogP contribution < -0.4 is 19.5 Å². The second-order valence-electron chi connectivity index (χ2n) is 5.88. The van der Waals surface area contributed by atoms with Gasteiger partial charge in [0.2, 0.25) is 0 Å². The molecule has 0 atom stereocenters. The van der Waals surface area contributed by atoms with Crippen LogP contribution in [-0.2, 0) is 20.7 Å². The smallest absolute Gasteiger partial charge is 0.309 e. The number of benzene rings is 2. The summed E-state index contributed by atoms with van der Waals surface area (Å²) in [5, 5.41) is 2.72. The van der Waals surface area contributed by atoms with Crippen LogP contribution in [0.4, 0.5) is 0 Å². The van der Waals surface area contributed by atoms with Crippen molar-refractivity contribution in [3.63, 3.8) is 0 Å². The van der Waals surface area contributed by atoms with Gasteiger partial charge in [-0.25, -0.2) is 0 Å². The van der Waals surface area contributed by atoms with E-state index >= 15 is 0 Å². The molecule has 0 fully saturated rings. The van der Waals surface area contributed by atoms with Crippen LogP contribution in [0.5, 0.6) is 17.2 Å². The van der Waals surface area contributed by atoms with Gasteiger partial charge in [0, 0.05) is 6.54 Å². The van der Waals surface area contributed by atoms with Crippen molar-refractivity contribution in [2.24, 2.45) is 0 Å². The molecular weight excluding hydrogens is 362 g/mol. The first-order valence-electron chi connectivity index (χ1n) is 8.93. The minimum Gasteiger partial charge on any atom is -0.497 e. The summed E-state index contributed by atoms with van der Waals surface area (Å²) in [7, 11) is 3.20. The quantitative estimate of drug-likeness (QED) is 0.596. The molecule has 0 saturated heterocycles. The average Bonchev–Trinajstić information content (AvgIpc) is 2.73. The van der Waals surface area contributed by atoms with Crippen molar-refractivity contribution >= 4 is 11.9 Å². The minimum absolute atomic E-state index is 0.0607. The Bertz CT molecular complexity index is 677. The maximum atomic E-state index is 11.7. The van der Waals surface area contributed by atoms with Crippen LogP contribution in [0.15, 0.2) is 48.5 Å². The molecule has 7 nitrogen and oxygen atoms in total. The summed E-state index contributed by atoms with van der Waals surface area (Å²) in [6, 6.07) is 14.6. The van der Waals surface area contributed by atoms with E-state index in [4.69, 9.17) is 18.9 Å². The molecule has 2 aromatic carbocycles. The highest BCUT2D eigenvalue weighted by Crippen LogP contribution is 2.17. The Morgan fingerprint density at radius 3 is 2.04 bits per heavy atom. The van der Waals surface area contributed by atoms with Crippen LogP contribution in [0.3, 0.4) is 0 Å². The summed E-state index contributed by atoms with van der Waals surface area (Å²) in [6.45, 7) is 0.331. The standard InChI is InChI=1S/C21H25NO6/c1-25-17-5-3-16(4-6-17)11-13-22-20(23)15-28-21(24)12-14-27-19-9-7-18(26-2)8-10-19/h3-10H,11-15H2,1-2H3,(H,22,23). The molecule has 150 valence electrons. The molecule has 0 aliphatic carbocycles. The van der Waals surface area contributed by atoms with Gasteiger partial charge in [-0.3, -0.25) is 9.59 Å². The number of nitrogens with one attached hydrogen (secondary N) is 1. The Balaban J connectivity index is 1.56. The molecule has 2 aromatic rings. The molecule has 0 saturated carbocycles. The summed E-state index contributed by atoms with van der Waals surface area (Å²) < 4.78 is 20.5. The molecule has 7 heteroatoms. The topological polar surface area (TPSA) is 83.1 Å². The number of ether oxygens (including phenoxy) is 4. The first kappa shape index (κ1) is 21.1. The molecule has 1 amide bonds. The van der Waals surface area contributed by atoms with Gasteiger partial charge in [-0.05, 0) is 48.4 Å². The van der Waals surface area contributed by atoms with E-state index in [2.05, 4.69) is 5.32 Å². The molecule has 1 N–H and O–H groups in total. The largest absolute Gasteiger partial charge is 0.497 e. The van der Waals surface area contributed by atoms with Gasteiger partial charge in [0.1, 0.15) is 17.2 Å². The first-order valence-corrected chi connectivity index (χ1v) is 8.93. The lowest BCUT2D eigenvalue weighted by atomic mass is 10.1. The van der Waals surface area contributed by atoms with E-state index in [1.165, 1.54) is 0 Å². The van der Waals surface area contributed by atoms with E-state index in [0.717, 1.165) is 17.1 Å². The Hall–Kier alpha value is -3.22. The van der Waals surface area contributed by atoms with E-state index in [1.807, 2.05) is 24.3 Å². The number of rotatable bonds is 11. The van der Waals surface area contributed by atoms with Crippen LogP contribution in [0.1, 0.15) is 12.0 Å². The zero-order valence-electron chi connectivity index (χ0n) is 16.1. The highest BCUT2D eigenvalue weighted by molar-refractivity contribution is 5.80. The second-order valence-corrected chi connectivity index (χ2v) is 5.88. The van der Waals surface area contributed by atoms with Crippen molar-refractivity contribution in [1.82, 2.24) is 5.32 Å². The molecule has 0 aliphatic rings. The number of hydrogen-bond donors (Lipinski definition) is 1. The van der Waals surface area contributed by atoms with Gasteiger partial charge in [-0.1, -0.05) is 12.1 Å². The zero-order valence-corrected chi connectivity index (χ0v) is 16.1. The predicted molar refractivity (Wildman–Crippen MR) is 104 cm³/mol. The van der Waals surface area contributed by atoms with Crippen molar-refractivity contribution in [1.29, 1.82) is 0 Å². The van der Waals surface area contributed by atoms with E-state index in [1.54, 1.807) is 38.5 Å². The SMILES string of the molecule is COc1ccc(CCNC(=O)COC(=O)CCOc2ccc(OC)cc2)cc1. The van der Waals surface area contributed by atoms with E-state index in [-0.39, 0.29) is 25.5 Å². The number of esters is 1. The van der Waals surface area contributed by atoms with E-state index in [0.29, 0.717) is 18.7 Å². The molecule has 2 rings (SSSR count). The fraction of sp³-hybridized carbons (Fsp3) is 0.333. The van der Waals surface area contributed by atoms with Gasteiger partial charge in [0.05, 0.1) is 27.2 Å². The molecule has 0 bridgehead atoms. The Labute approximate surface area is 164 Å². The molecular formula is C21H25NO6. The van der Waals surface area contributed by atoms with Crippen LogP contribution in [-0.4, -0.2) is 45.9 Å². The number of amides is 1. The van der Waals surface area contributed by atoms with Gasteiger partial charge >= 0.3 is 5.97 Å². The number of carbonyl (C=O) groups is 2. The third kappa shape index (κ3) is 7.57. The Kier molecular flexibility index (Phi) is 8.65. The summed E-state index contributed by atoms with van der Waals surface area (Å²) in [5.74, 6) is 1.32. The normalized spacial score (nSPS) is 10.1. The predicted octanol–water partition coefficient (Wildman–Crippen LogP) is 2.37. The molecule has 0 unspecified atom stereocenters. The van der Waals surface area contributed by atoms with Crippen molar-refractivity contribution in [2.45, 2.75) is 12.8 Å². The lowest BCUT2D eigenvalue weighted by Gasteiger charge is -2.08. The Morgan fingerprint density at radius 1 is 0.857 bits per heavy atom. The lowest BCUT2D eigenvalue weighted by molar-refractivity contribution is -0.149. The van der Waals surface area contributed by atoms with Gasteiger partial charge < -0.3 is 24.3 Å². The van der Waals surface area contributed by atoms with Gasteiger partial charge in [-0.2, -0.15) is 0 Å². The molecule has 0 aliphatic heterocycles. The average molecular weight is 387 g/mol. The molecule has 0 radical (unpaired) electrons. The maximum Gasteiger partial charge on any atom is 0.309 e. The zero-order chi connectivity index (χ0) is 20.2. The van der Waals surface area contributed by atoms with Crippen molar-refractivity contribution < 1.29 is 28.5 Å². The molecule has 0 heterocycles. The highest BCUT2D eigenvalue weighted by atomic mass is 16.5. The maximum absolute atomic E-state index is 11.7. The fourth-order valence-electron chi connectivity index (χ4n) is 2.33. The van der Waals surface area contributed by atoms with Crippen LogP contribution in [0.25, 0.3) is 0 Å². The summed E-state index contributed by atoms with van der Waals surface area (Å²) in [6.07, 6.45) is 0.741. The number of methoxy groups -OCH3 is 2. The first-order chi connectivity index (χ1) is 13.6. The van der Waals surface area contributed by atoms with Crippen LogP contribution >= 0.6 is 0 Å². The number of carbonyl (C=O) groups excluding carboxylic acids is 2. The monoisotopic (exact) mass is 387 g/mol. The summed E-state index contributed by atoms with van der Waals surface area (Å²) >= 11 is 0. The van der Waals surface area contributed by atoms with E-state index in [9.17, 15) is 9.59 Å². The molecule has 0 aromatic heterocycles. The van der Waals surface area contributed by atoms with Crippen LogP contribution in [0.2, 0.25) is 0 Å². The third-order valence-electron chi connectivity index (χ3n) is 3.89. The Morgan fingerprint density at radius 2 is 1.43 bits per heavy atom. The third-order valence-corrected chi connectivity index (χ3v) is 3.89. The summed E-state index contributed by atoms with van der Waals surface area (Å²) in [5.41, 5.74) is 1.08. The van der Waals surface area contributed by atoms with Crippen molar-refractivity contribution in [2.75, 3.05) is 34.0 Å². The van der Waals surface area contributed by atoms with Gasteiger partial charge in [0.25, 0.3) is 5.91 Å². The second kappa shape index (κ2) is 11.5. The lowest BCUT2D eigenvalue weighted by Crippen LogP contribution is -2.30. The van der Waals surface area contributed by atoms with Crippen molar-refractivity contribution in [3.8, 4) is 17.2 Å². The molecule has 0 spiro atoms. The highest BCUT2D eigenvalue weighted by Gasteiger charge is 2.08. The van der Waals surface area contributed by atoms with Crippen LogP contribution in [0, 0.1) is 0 Å². The van der Waals surface area contributed by atoms with E-state index < -0.39 is 5.97 Å². The number of hydrogen-bond acceptors (Lipinski definition) is 6. The van der Waals surface area contributed by atoms with Gasteiger partial charge in [0.15, 0.2) is 6.61 Å². The minimum atomic E-state index is -0.487. The van der Waals surface area contributed by atoms with Gasteiger partial charge in [-0.15, -0.1) is 0 Å². The van der Waals surface area contributed by atoms with Crippen molar-refractivity contribution in [3.05, 3.63) is 54.1 Å².